The van der Waals surface area contributed by atoms with Crippen LogP contribution in [0, 0.1) is 0 Å². The van der Waals surface area contributed by atoms with Crippen LogP contribution in [0.1, 0.15) is 23.6 Å². The van der Waals surface area contributed by atoms with Gasteiger partial charge in [-0.15, -0.1) is 0 Å². The van der Waals surface area contributed by atoms with E-state index in [1.165, 1.54) is 16.7 Å². The van der Waals surface area contributed by atoms with Gasteiger partial charge in [-0.05, 0) is 35.6 Å². The molecule has 3 aromatic rings. The van der Waals surface area contributed by atoms with Crippen LogP contribution < -0.4 is 5.73 Å². The Morgan fingerprint density at radius 2 is 1.09 bits per heavy atom. The van der Waals surface area contributed by atoms with E-state index < -0.39 is 0 Å². The molecule has 0 radical (unpaired) electrons. The Balaban J connectivity index is 2.00. The van der Waals surface area contributed by atoms with Crippen LogP contribution in [0.2, 0.25) is 0 Å². The molecule has 23 heavy (non-hydrogen) atoms. The van der Waals surface area contributed by atoms with Gasteiger partial charge in [0, 0.05) is 11.1 Å². The first-order chi connectivity index (χ1) is 11.2. The van der Waals surface area contributed by atoms with Crippen molar-refractivity contribution in [3.63, 3.8) is 0 Å². The van der Waals surface area contributed by atoms with Gasteiger partial charge in [0.1, 0.15) is 0 Å². The van der Waals surface area contributed by atoms with E-state index in [9.17, 15) is 0 Å². The number of nitrogen functional groups attached to an aromatic ring is 1. The van der Waals surface area contributed by atoms with Crippen LogP contribution in [0.3, 0.4) is 0 Å². The first-order valence-electron chi connectivity index (χ1n) is 8.10. The van der Waals surface area contributed by atoms with Crippen molar-refractivity contribution in [1.82, 2.24) is 0 Å². The molecule has 1 heteroatoms. The van der Waals surface area contributed by atoms with Crippen LogP contribution in [0.5, 0.6) is 0 Å². The van der Waals surface area contributed by atoms with Gasteiger partial charge in [-0.3, -0.25) is 0 Å². The van der Waals surface area contributed by atoms with Crippen molar-refractivity contribution in [3.8, 4) is 0 Å². The highest BCUT2D eigenvalue weighted by Crippen LogP contribution is 2.35. The summed E-state index contributed by atoms with van der Waals surface area (Å²) >= 11 is 0. The Morgan fingerprint density at radius 1 is 0.652 bits per heavy atom. The summed E-state index contributed by atoms with van der Waals surface area (Å²) in [6, 6.07) is 29.6. The summed E-state index contributed by atoms with van der Waals surface area (Å²) in [5.41, 5.74) is 11.1. The van der Waals surface area contributed by atoms with Crippen LogP contribution >= 0.6 is 0 Å². The molecular weight excluding hydrogens is 278 g/mol. The van der Waals surface area contributed by atoms with Gasteiger partial charge in [-0.25, -0.2) is 0 Å². The Morgan fingerprint density at radius 3 is 1.57 bits per heavy atom. The maximum absolute atomic E-state index is 6.31. The fourth-order valence-electron chi connectivity index (χ4n) is 3.39. The number of para-hydroxylation sites is 1. The number of nitrogens with two attached hydrogens (primary N) is 1. The van der Waals surface area contributed by atoms with Crippen molar-refractivity contribution in [3.05, 3.63) is 102 Å². The quantitative estimate of drug-likeness (QED) is 0.658. The highest BCUT2D eigenvalue weighted by Gasteiger charge is 2.29. The van der Waals surface area contributed by atoms with Gasteiger partial charge in [0.25, 0.3) is 0 Å². The lowest BCUT2D eigenvalue weighted by Crippen LogP contribution is -2.29. The minimum Gasteiger partial charge on any atom is -0.398 e. The number of anilines is 1. The average molecular weight is 301 g/mol. The Bertz CT molecular complexity index is 706. The van der Waals surface area contributed by atoms with Gasteiger partial charge in [0.15, 0.2) is 0 Å². The van der Waals surface area contributed by atoms with Gasteiger partial charge in [0.05, 0.1) is 0 Å². The topological polar surface area (TPSA) is 26.0 Å². The normalized spacial score (nSPS) is 11.3. The van der Waals surface area contributed by atoms with Crippen molar-refractivity contribution in [2.45, 2.75) is 25.2 Å². The monoisotopic (exact) mass is 301 g/mol. The van der Waals surface area contributed by atoms with Crippen LogP contribution in [0.4, 0.5) is 5.69 Å². The molecule has 0 aliphatic carbocycles. The summed E-state index contributed by atoms with van der Waals surface area (Å²) in [6.07, 6.45) is 1.94. The standard InChI is InChI=1S/C22H23N/c1-22(16-18-10-4-2-5-11-18,17-19-12-6-3-7-13-19)20-14-8-9-15-21(20)23/h2-15H,16-17,23H2,1H3. The molecule has 0 spiro atoms. The maximum atomic E-state index is 6.31. The molecule has 0 fully saturated rings. The molecule has 0 bridgehead atoms. The van der Waals surface area contributed by atoms with Crippen molar-refractivity contribution >= 4 is 5.69 Å². The zero-order valence-corrected chi connectivity index (χ0v) is 13.6. The summed E-state index contributed by atoms with van der Waals surface area (Å²) in [4.78, 5) is 0. The van der Waals surface area contributed by atoms with Gasteiger partial charge in [-0.2, -0.15) is 0 Å². The molecule has 0 saturated heterocycles. The second-order valence-electron chi connectivity index (χ2n) is 6.47. The zero-order valence-electron chi connectivity index (χ0n) is 13.6. The van der Waals surface area contributed by atoms with Gasteiger partial charge >= 0.3 is 0 Å². The molecule has 3 rings (SSSR count). The summed E-state index contributed by atoms with van der Waals surface area (Å²) in [5.74, 6) is 0. The number of benzene rings is 3. The number of rotatable bonds is 5. The van der Waals surface area contributed by atoms with Crippen LogP contribution in [-0.2, 0) is 18.3 Å². The predicted molar refractivity (Wildman–Crippen MR) is 98.5 cm³/mol. The van der Waals surface area contributed by atoms with Crippen molar-refractivity contribution < 1.29 is 0 Å². The third-order valence-electron chi connectivity index (χ3n) is 4.49. The SMILES string of the molecule is CC(Cc1ccccc1)(Cc1ccccc1)c1ccccc1N. The minimum atomic E-state index is -0.0337. The molecule has 0 aromatic heterocycles. The summed E-state index contributed by atoms with van der Waals surface area (Å²) in [6.45, 7) is 2.32. The predicted octanol–water partition coefficient (Wildman–Crippen LogP) is 5.01. The van der Waals surface area contributed by atoms with Crippen LogP contribution in [0.25, 0.3) is 0 Å². The van der Waals surface area contributed by atoms with Gasteiger partial charge in [0.2, 0.25) is 0 Å². The maximum Gasteiger partial charge on any atom is 0.0352 e. The highest BCUT2D eigenvalue weighted by molar-refractivity contribution is 5.51. The minimum absolute atomic E-state index is 0.0337. The van der Waals surface area contributed by atoms with E-state index >= 15 is 0 Å². The molecule has 0 heterocycles. The van der Waals surface area contributed by atoms with E-state index in [1.54, 1.807) is 0 Å². The summed E-state index contributed by atoms with van der Waals surface area (Å²) in [7, 11) is 0. The third kappa shape index (κ3) is 3.62. The van der Waals surface area contributed by atoms with Crippen LogP contribution in [-0.4, -0.2) is 0 Å². The van der Waals surface area contributed by atoms with E-state index in [1.807, 2.05) is 12.1 Å². The first-order valence-corrected chi connectivity index (χ1v) is 8.10. The Hall–Kier alpha value is -2.54. The second kappa shape index (κ2) is 6.70. The average Bonchev–Trinajstić information content (AvgIpc) is 2.57. The molecular formula is C22H23N. The number of hydrogen-bond acceptors (Lipinski definition) is 1. The van der Waals surface area contributed by atoms with Crippen molar-refractivity contribution in [2.75, 3.05) is 5.73 Å². The van der Waals surface area contributed by atoms with E-state index in [0.29, 0.717) is 0 Å². The fraction of sp³-hybridized carbons (Fsp3) is 0.182. The Labute approximate surface area is 138 Å². The van der Waals surface area contributed by atoms with E-state index in [0.717, 1.165) is 18.5 Å². The van der Waals surface area contributed by atoms with Crippen LogP contribution in [0.15, 0.2) is 84.9 Å². The smallest absolute Gasteiger partial charge is 0.0352 e. The molecule has 1 nitrogen and oxygen atoms in total. The van der Waals surface area contributed by atoms with Gasteiger partial charge in [-0.1, -0.05) is 85.8 Å². The van der Waals surface area contributed by atoms with E-state index in [4.69, 9.17) is 5.73 Å². The lowest BCUT2D eigenvalue weighted by Gasteiger charge is -2.32. The molecule has 116 valence electrons. The first kappa shape index (κ1) is 15.4. The zero-order chi connectivity index (χ0) is 16.1. The molecule has 0 atom stereocenters. The second-order valence-corrected chi connectivity index (χ2v) is 6.47. The Kier molecular flexibility index (Phi) is 4.47. The molecule has 0 aliphatic heterocycles. The largest absolute Gasteiger partial charge is 0.398 e. The number of hydrogen-bond donors (Lipinski definition) is 1. The molecule has 2 N–H and O–H groups in total. The fourth-order valence-corrected chi connectivity index (χ4v) is 3.39. The highest BCUT2D eigenvalue weighted by atomic mass is 14.6. The van der Waals surface area contributed by atoms with Crippen molar-refractivity contribution in [2.24, 2.45) is 0 Å². The lowest BCUT2D eigenvalue weighted by atomic mass is 9.72. The molecule has 0 amide bonds. The molecule has 0 unspecified atom stereocenters. The third-order valence-corrected chi connectivity index (χ3v) is 4.49. The molecule has 0 aliphatic rings. The molecule has 3 aromatic carbocycles. The summed E-state index contributed by atoms with van der Waals surface area (Å²) in [5, 5.41) is 0. The lowest BCUT2D eigenvalue weighted by molar-refractivity contribution is 0.467. The van der Waals surface area contributed by atoms with E-state index in [2.05, 4.69) is 79.7 Å². The van der Waals surface area contributed by atoms with Crippen molar-refractivity contribution in [1.29, 1.82) is 0 Å². The molecule has 0 saturated carbocycles. The summed E-state index contributed by atoms with van der Waals surface area (Å²) < 4.78 is 0. The van der Waals surface area contributed by atoms with Gasteiger partial charge < -0.3 is 5.73 Å². The van der Waals surface area contributed by atoms with E-state index in [-0.39, 0.29) is 5.41 Å².